The molecule has 118 valence electrons. The minimum absolute atomic E-state index is 0.328. The van der Waals surface area contributed by atoms with Crippen LogP contribution in [0.2, 0.25) is 0 Å². The van der Waals surface area contributed by atoms with Crippen LogP contribution in [0.25, 0.3) is 0 Å². The Morgan fingerprint density at radius 3 is 2.23 bits per heavy atom. The zero-order valence-electron chi connectivity index (χ0n) is 13.5. The van der Waals surface area contributed by atoms with Gasteiger partial charge in [0.2, 0.25) is 0 Å². The van der Waals surface area contributed by atoms with Gasteiger partial charge in [0, 0.05) is 6.26 Å². The van der Waals surface area contributed by atoms with Gasteiger partial charge in [0.1, 0.15) is 12.4 Å². The van der Waals surface area contributed by atoms with E-state index in [0.717, 1.165) is 16.9 Å². The van der Waals surface area contributed by atoms with E-state index < -0.39 is 9.84 Å². The number of ether oxygens (including phenoxy) is 1. The van der Waals surface area contributed by atoms with E-state index in [1.54, 1.807) is 24.3 Å². The van der Waals surface area contributed by atoms with Crippen molar-refractivity contribution in [3.63, 3.8) is 0 Å². The maximum absolute atomic E-state index is 11.4. The molecule has 3 nitrogen and oxygen atoms in total. The Bertz CT molecular complexity index is 744. The van der Waals surface area contributed by atoms with E-state index in [2.05, 4.69) is 32.0 Å². The highest BCUT2D eigenvalue weighted by atomic mass is 32.2. The van der Waals surface area contributed by atoms with Gasteiger partial charge >= 0.3 is 0 Å². The van der Waals surface area contributed by atoms with Crippen LogP contribution < -0.4 is 4.74 Å². The van der Waals surface area contributed by atoms with Crippen LogP contribution in [0.3, 0.4) is 0 Å². The van der Waals surface area contributed by atoms with E-state index >= 15 is 0 Å². The summed E-state index contributed by atoms with van der Waals surface area (Å²) in [5.41, 5.74) is 3.28. The smallest absolute Gasteiger partial charge is 0.175 e. The monoisotopic (exact) mass is 318 g/mol. The molecule has 0 spiro atoms. The molecule has 0 radical (unpaired) electrons. The van der Waals surface area contributed by atoms with Gasteiger partial charge in [-0.25, -0.2) is 8.42 Å². The van der Waals surface area contributed by atoms with Crippen LogP contribution in [0.4, 0.5) is 0 Å². The summed E-state index contributed by atoms with van der Waals surface area (Å²) in [6.07, 6.45) is 1.21. The molecular formula is C18H22O3S. The molecule has 0 saturated carbocycles. The van der Waals surface area contributed by atoms with Gasteiger partial charge in [-0.2, -0.15) is 0 Å². The van der Waals surface area contributed by atoms with Gasteiger partial charge in [-0.15, -0.1) is 0 Å². The van der Waals surface area contributed by atoms with E-state index in [9.17, 15) is 8.42 Å². The summed E-state index contributed by atoms with van der Waals surface area (Å²) in [5.74, 6) is 1.33. The minimum Gasteiger partial charge on any atom is -0.489 e. The van der Waals surface area contributed by atoms with Gasteiger partial charge in [0.15, 0.2) is 9.84 Å². The van der Waals surface area contributed by atoms with Gasteiger partial charge in [-0.05, 0) is 47.7 Å². The van der Waals surface area contributed by atoms with Crippen LogP contribution in [0.5, 0.6) is 5.75 Å². The fraction of sp³-hybridized carbons (Fsp3) is 0.333. The molecule has 0 atom stereocenters. The van der Waals surface area contributed by atoms with E-state index in [1.807, 2.05) is 6.92 Å². The predicted molar refractivity (Wildman–Crippen MR) is 89.2 cm³/mol. The van der Waals surface area contributed by atoms with Crippen molar-refractivity contribution in [2.24, 2.45) is 0 Å². The lowest BCUT2D eigenvalue weighted by Gasteiger charge is -2.13. The van der Waals surface area contributed by atoms with Crippen molar-refractivity contribution < 1.29 is 13.2 Å². The largest absolute Gasteiger partial charge is 0.489 e. The molecule has 0 heterocycles. The molecule has 0 aromatic heterocycles. The third-order valence-corrected chi connectivity index (χ3v) is 4.75. The molecule has 0 saturated heterocycles. The predicted octanol–water partition coefficient (Wildman–Crippen LogP) is 4.10. The maximum atomic E-state index is 11.4. The molecule has 0 fully saturated rings. The number of rotatable bonds is 5. The number of hydrogen-bond donors (Lipinski definition) is 0. The zero-order valence-corrected chi connectivity index (χ0v) is 14.3. The van der Waals surface area contributed by atoms with Gasteiger partial charge in [0.05, 0.1) is 4.90 Å². The molecule has 0 bridgehead atoms. The number of hydrogen-bond acceptors (Lipinski definition) is 3. The Balaban J connectivity index is 2.12. The zero-order chi connectivity index (χ0) is 16.3. The minimum atomic E-state index is -3.15. The second-order valence-corrected chi connectivity index (χ2v) is 7.90. The van der Waals surface area contributed by atoms with E-state index in [0.29, 0.717) is 17.4 Å². The molecule has 0 N–H and O–H groups in total. The van der Waals surface area contributed by atoms with E-state index in [1.165, 1.54) is 11.8 Å². The Hall–Kier alpha value is -1.81. The van der Waals surface area contributed by atoms with Crippen LogP contribution in [0.15, 0.2) is 47.4 Å². The van der Waals surface area contributed by atoms with Crippen molar-refractivity contribution in [2.75, 3.05) is 6.26 Å². The third kappa shape index (κ3) is 4.10. The lowest BCUT2D eigenvalue weighted by Crippen LogP contribution is -2.00. The van der Waals surface area contributed by atoms with Crippen LogP contribution in [0, 0.1) is 6.92 Å². The normalized spacial score (nSPS) is 11.7. The Kier molecular flexibility index (Phi) is 4.91. The Morgan fingerprint density at radius 1 is 1.05 bits per heavy atom. The summed E-state index contributed by atoms with van der Waals surface area (Å²) in [4.78, 5) is 0.328. The topological polar surface area (TPSA) is 43.4 Å². The SMILES string of the molecule is Cc1ccc(C(C)C)cc1OCc1ccc(S(C)(=O)=O)cc1. The number of aryl methyl sites for hydroxylation is 1. The van der Waals surface area contributed by atoms with Crippen molar-refractivity contribution in [3.05, 3.63) is 59.2 Å². The molecule has 22 heavy (non-hydrogen) atoms. The molecule has 0 aliphatic carbocycles. The molecule has 4 heteroatoms. The Morgan fingerprint density at radius 2 is 1.68 bits per heavy atom. The second-order valence-electron chi connectivity index (χ2n) is 5.88. The van der Waals surface area contributed by atoms with Crippen molar-refractivity contribution in [2.45, 2.75) is 38.2 Å². The molecule has 0 unspecified atom stereocenters. The van der Waals surface area contributed by atoms with Crippen LogP contribution in [-0.4, -0.2) is 14.7 Å². The Labute approximate surface area is 132 Å². The lowest BCUT2D eigenvalue weighted by atomic mass is 10.0. The summed E-state index contributed by atoms with van der Waals surface area (Å²) in [6.45, 7) is 6.75. The molecule has 2 aromatic carbocycles. The maximum Gasteiger partial charge on any atom is 0.175 e. The molecule has 2 aromatic rings. The summed E-state index contributed by atoms with van der Waals surface area (Å²) in [7, 11) is -3.15. The molecule has 0 aliphatic rings. The molecular weight excluding hydrogens is 296 g/mol. The van der Waals surface area contributed by atoms with E-state index in [-0.39, 0.29) is 0 Å². The first-order valence-corrected chi connectivity index (χ1v) is 9.19. The highest BCUT2D eigenvalue weighted by molar-refractivity contribution is 7.90. The fourth-order valence-corrected chi connectivity index (χ4v) is 2.76. The van der Waals surface area contributed by atoms with Crippen molar-refractivity contribution >= 4 is 9.84 Å². The summed E-state index contributed by atoms with van der Waals surface area (Å²) >= 11 is 0. The van der Waals surface area contributed by atoms with Gasteiger partial charge in [-0.1, -0.05) is 38.1 Å². The summed E-state index contributed by atoms with van der Waals surface area (Å²) in [6, 6.07) is 13.1. The van der Waals surface area contributed by atoms with Crippen molar-refractivity contribution in [1.82, 2.24) is 0 Å². The van der Waals surface area contributed by atoms with E-state index in [4.69, 9.17) is 4.74 Å². The average molecular weight is 318 g/mol. The quantitative estimate of drug-likeness (QED) is 0.833. The first kappa shape index (κ1) is 16.6. The highest BCUT2D eigenvalue weighted by Gasteiger charge is 2.08. The average Bonchev–Trinajstić information content (AvgIpc) is 2.45. The number of benzene rings is 2. The van der Waals surface area contributed by atoms with Gasteiger partial charge in [-0.3, -0.25) is 0 Å². The van der Waals surface area contributed by atoms with Crippen molar-refractivity contribution in [3.8, 4) is 5.75 Å². The van der Waals surface area contributed by atoms with Crippen LogP contribution in [0.1, 0.15) is 36.5 Å². The fourth-order valence-electron chi connectivity index (χ4n) is 2.13. The standard InChI is InChI=1S/C18H22O3S/c1-13(2)16-8-5-14(3)18(11-16)21-12-15-6-9-17(10-7-15)22(4,19)20/h5-11,13H,12H2,1-4H3. The highest BCUT2D eigenvalue weighted by Crippen LogP contribution is 2.25. The summed E-state index contributed by atoms with van der Waals surface area (Å²) in [5, 5.41) is 0. The second kappa shape index (κ2) is 6.53. The summed E-state index contributed by atoms with van der Waals surface area (Å²) < 4.78 is 28.8. The molecule has 0 aliphatic heterocycles. The number of sulfone groups is 1. The van der Waals surface area contributed by atoms with Crippen LogP contribution >= 0.6 is 0 Å². The van der Waals surface area contributed by atoms with Gasteiger partial charge < -0.3 is 4.74 Å². The lowest BCUT2D eigenvalue weighted by molar-refractivity contribution is 0.303. The van der Waals surface area contributed by atoms with Gasteiger partial charge in [0.25, 0.3) is 0 Å². The molecule has 2 rings (SSSR count). The molecule has 0 amide bonds. The van der Waals surface area contributed by atoms with Crippen LogP contribution in [-0.2, 0) is 16.4 Å². The first-order chi connectivity index (χ1) is 10.3. The third-order valence-electron chi connectivity index (χ3n) is 3.62. The van der Waals surface area contributed by atoms with Crippen molar-refractivity contribution in [1.29, 1.82) is 0 Å². The first-order valence-electron chi connectivity index (χ1n) is 7.29.